The minimum atomic E-state index is -1.14. The molecule has 6 heteroatoms. The number of carboxylic acid groups (broad SMARTS) is 1. The van der Waals surface area contributed by atoms with Gasteiger partial charge in [-0.05, 0) is 34.4 Å². The third-order valence-electron chi connectivity index (χ3n) is 5.23. The molecule has 30 heavy (non-hydrogen) atoms. The van der Waals surface area contributed by atoms with Crippen molar-refractivity contribution in [2.24, 2.45) is 0 Å². The maximum absolute atomic E-state index is 12.9. The molecule has 0 spiro atoms. The van der Waals surface area contributed by atoms with Crippen LogP contribution in [0.3, 0.4) is 0 Å². The second kappa shape index (κ2) is 8.29. The Morgan fingerprint density at radius 2 is 1.47 bits per heavy atom. The molecule has 1 amide bonds. The normalized spacial score (nSPS) is 12.0. The first kappa shape index (κ1) is 19.5. The molecule has 0 unspecified atom stereocenters. The number of aliphatic carboxylic acids is 1. The van der Waals surface area contributed by atoms with E-state index in [4.69, 9.17) is 9.47 Å². The highest BCUT2D eigenvalue weighted by atomic mass is 16.6. The number of nitrogens with zero attached hydrogens (tertiary/aromatic N) is 1. The molecule has 152 valence electrons. The molecule has 3 aromatic carbocycles. The van der Waals surface area contributed by atoms with Crippen LogP contribution in [0.25, 0.3) is 11.1 Å². The third kappa shape index (κ3) is 3.59. The molecule has 4 rings (SSSR count). The second-order valence-electron chi connectivity index (χ2n) is 6.96. The monoisotopic (exact) mass is 403 g/mol. The van der Waals surface area contributed by atoms with E-state index in [1.54, 1.807) is 24.3 Å². The summed E-state index contributed by atoms with van der Waals surface area (Å²) in [5, 5.41) is 9.31. The number of ether oxygens (including phenoxy) is 2. The van der Waals surface area contributed by atoms with Crippen molar-refractivity contribution >= 4 is 17.7 Å². The van der Waals surface area contributed by atoms with Gasteiger partial charge in [0.1, 0.15) is 18.9 Å². The molecule has 0 saturated carbocycles. The first-order valence-electron chi connectivity index (χ1n) is 9.57. The van der Waals surface area contributed by atoms with Gasteiger partial charge in [-0.1, -0.05) is 60.7 Å². The zero-order valence-electron chi connectivity index (χ0n) is 16.4. The molecular weight excluding hydrogens is 382 g/mol. The summed E-state index contributed by atoms with van der Waals surface area (Å²) >= 11 is 0. The Kier molecular flexibility index (Phi) is 5.39. The van der Waals surface area contributed by atoms with E-state index in [1.165, 1.54) is 7.11 Å². The fourth-order valence-electron chi connectivity index (χ4n) is 3.91. The number of amides is 1. The average Bonchev–Trinajstić information content (AvgIpc) is 3.09. The Labute approximate surface area is 174 Å². The first-order valence-corrected chi connectivity index (χ1v) is 9.57. The van der Waals surface area contributed by atoms with E-state index in [9.17, 15) is 14.7 Å². The van der Waals surface area contributed by atoms with Gasteiger partial charge in [0.15, 0.2) is 0 Å². The van der Waals surface area contributed by atoms with Crippen LogP contribution < -0.4 is 9.64 Å². The number of rotatable bonds is 6. The van der Waals surface area contributed by atoms with Crippen molar-refractivity contribution in [3.63, 3.8) is 0 Å². The van der Waals surface area contributed by atoms with Gasteiger partial charge in [0.05, 0.1) is 12.8 Å². The predicted molar refractivity (Wildman–Crippen MR) is 113 cm³/mol. The number of anilines is 1. The van der Waals surface area contributed by atoms with Gasteiger partial charge >= 0.3 is 12.1 Å². The van der Waals surface area contributed by atoms with Crippen LogP contribution in [0.4, 0.5) is 10.5 Å². The Morgan fingerprint density at radius 3 is 2.07 bits per heavy atom. The summed E-state index contributed by atoms with van der Waals surface area (Å²) in [6.07, 6.45) is -0.733. The minimum absolute atomic E-state index is 0.106. The Bertz CT molecular complexity index is 1050. The number of hydrogen-bond donors (Lipinski definition) is 1. The fourth-order valence-corrected chi connectivity index (χ4v) is 3.91. The summed E-state index contributed by atoms with van der Waals surface area (Å²) in [6.45, 7) is -0.421. The molecule has 6 nitrogen and oxygen atoms in total. The molecule has 1 N–H and O–H groups in total. The van der Waals surface area contributed by atoms with Crippen LogP contribution in [0.1, 0.15) is 17.0 Å². The summed E-state index contributed by atoms with van der Waals surface area (Å²) < 4.78 is 10.9. The molecule has 3 aromatic rings. The van der Waals surface area contributed by atoms with Crippen LogP contribution in [0.15, 0.2) is 72.8 Å². The lowest BCUT2D eigenvalue weighted by molar-refractivity contribution is -0.135. The van der Waals surface area contributed by atoms with Gasteiger partial charge in [-0.15, -0.1) is 0 Å². The number of methoxy groups -OCH3 is 1. The van der Waals surface area contributed by atoms with Crippen LogP contribution in [0.2, 0.25) is 0 Å². The van der Waals surface area contributed by atoms with Gasteiger partial charge in [0.2, 0.25) is 0 Å². The second-order valence-corrected chi connectivity index (χ2v) is 6.96. The highest BCUT2D eigenvalue weighted by molar-refractivity contribution is 5.94. The van der Waals surface area contributed by atoms with E-state index < -0.39 is 18.6 Å². The van der Waals surface area contributed by atoms with Crippen LogP contribution in [-0.2, 0) is 9.53 Å². The van der Waals surface area contributed by atoms with Crippen LogP contribution in [0, 0.1) is 0 Å². The summed E-state index contributed by atoms with van der Waals surface area (Å²) in [5.74, 6) is -0.854. The molecule has 0 atom stereocenters. The molecule has 0 heterocycles. The van der Waals surface area contributed by atoms with E-state index in [1.807, 2.05) is 36.4 Å². The maximum Gasteiger partial charge on any atom is 0.414 e. The fraction of sp³-hybridized carbons (Fsp3) is 0.167. The van der Waals surface area contributed by atoms with E-state index in [0.29, 0.717) is 11.4 Å². The predicted octanol–water partition coefficient (Wildman–Crippen LogP) is 4.54. The number of fused-ring (bicyclic) bond motifs is 3. The molecule has 1 aliphatic rings. The summed E-state index contributed by atoms with van der Waals surface area (Å²) in [7, 11) is 1.47. The molecule has 0 bridgehead atoms. The maximum atomic E-state index is 12.9. The van der Waals surface area contributed by atoms with E-state index in [0.717, 1.165) is 27.2 Å². The van der Waals surface area contributed by atoms with Gasteiger partial charge in [-0.25, -0.2) is 4.79 Å². The minimum Gasteiger partial charge on any atom is -0.495 e. The first-order chi connectivity index (χ1) is 14.6. The zero-order chi connectivity index (χ0) is 21.1. The number of carboxylic acids is 1. The largest absolute Gasteiger partial charge is 0.495 e. The van der Waals surface area contributed by atoms with E-state index in [-0.39, 0.29) is 12.5 Å². The van der Waals surface area contributed by atoms with Crippen molar-refractivity contribution in [1.29, 1.82) is 0 Å². The quantitative estimate of drug-likeness (QED) is 0.654. The van der Waals surface area contributed by atoms with Crippen molar-refractivity contribution in [3.05, 3.63) is 83.9 Å². The summed E-state index contributed by atoms with van der Waals surface area (Å²) in [5.41, 5.74) is 4.78. The molecule has 0 aromatic heterocycles. The standard InChI is InChI=1S/C24H21NO5/c1-29-22-13-7-6-12-21(22)25(14-23(26)27)24(28)30-15-20-18-10-4-2-8-16(18)17-9-3-5-11-19(17)20/h2-13,20H,14-15H2,1H3,(H,26,27). The highest BCUT2D eigenvalue weighted by Gasteiger charge is 2.30. The molecule has 0 fully saturated rings. The van der Waals surface area contributed by atoms with Crippen molar-refractivity contribution in [2.75, 3.05) is 25.2 Å². The molecule has 1 aliphatic carbocycles. The lowest BCUT2D eigenvalue weighted by Gasteiger charge is -2.23. The Balaban J connectivity index is 1.59. The lowest BCUT2D eigenvalue weighted by Crippen LogP contribution is -2.37. The topological polar surface area (TPSA) is 76.1 Å². The van der Waals surface area contributed by atoms with Crippen LogP contribution in [0.5, 0.6) is 5.75 Å². The highest BCUT2D eigenvalue weighted by Crippen LogP contribution is 2.44. The van der Waals surface area contributed by atoms with Crippen LogP contribution >= 0.6 is 0 Å². The van der Waals surface area contributed by atoms with Crippen molar-refractivity contribution in [1.82, 2.24) is 0 Å². The Hall–Kier alpha value is -3.80. The average molecular weight is 403 g/mol. The SMILES string of the molecule is COc1ccccc1N(CC(=O)O)C(=O)OCC1c2ccccc2-c2ccccc21. The van der Waals surface area contributed by atoms with Gasteiger partial charge in [0, 0.05) is 5.92 Å². The number of benzene rings is 3. The Morgan fingerprint density at radius 1 is 0.900 bits per heavy atom. The number of carbonyl (C=O) groups is 2. The van der Waals surface area contributed by atoms with Crippen molar-refractivity contribution in [3.8, 4) is 16.9 Å². The smallest absolute Gasteiger partial charge is 0.414 e. The lowest BCUT2D eigenvalue weighted by atomic mass is 9.98. The van der Waals surface area contributed by atoms with Crippen molar-refractivity contribution < 1.29 is 24.2 Å². The molecule has 0 aliphatic heterocycles. The van der Waals surface area contributed by atoms with Crippen LogP contribution in [-0.4, -0.2) is 37.4 Å². The number of hydrogen-bond acceptors (Lipinski definition) is 4. The summed E-state index contributed by atoms with van der Waals surface area (Å²) in [6, 6.07) is 22.8. The van der Waals surface area contributed by atoms with Gasteiger partial charge in [-0.2, -0.15) is 0 Å². The van der Waals surface area contributed by atoms with E-state index >= 15 is 0 Å². The number of carbonyl (C=O) groups excluding carboxylic acids is 1. The molecule has 0 saturated heterocycles. The summed E-state index contributed by atoms with van der Waals surface area (Å²) in [4.78, 5) is 25.4. The zero-order valence-corrected chi connectivity index (χ0v) is 16.4. The van der Waals surface area contributed by atoms with Gasteiger partial charge < -0.3 is 14.6 Å². The molecule has 0 radical (unpaired) electrons. The van der Waals surface area contributed by atoms with Gasteiger partial charge in [-0.3, -0.25) is 9.69 Å². The number of para-hydroxylation sites is 2. The van der Waals surface area contributed by atoms with Gasteiger partial charge in [0.25, 0.3) is 0 Å². The third-order valence-corrected chi connectivity index (χ3v) is 5.23. The van der Waals surface area contributed by atoms with Crippen molar-refractivity contribution in [2.45, 2.75) is 5.92 Å². The molecular formula is C24H21NO5. The van der Waals surface area contributed by atoms with E-state index in [2.05, 4.69) is 12.1 Å².